The van der Waals surface area contributed by atoms with Crippen LogP contribution in [0.25, 0.3) is 0 Å². The molecule has 3 aliphatic rings. The smallest absolute Gasteiger partial charge is 0.430 e. The first-order valence-corrected chi connectivity index (χ1v) is 12.6. The van der Waals surface area contributed by atoms with Crippen LogP contribution in [0.4, 0.5) is 4.79 Å². The Morgan fingerprint density at radius 1 is 1.06 bits per heavy atom. The molecule has 188 valence electrons. The average Bonchev–Trinajstić information content (AvgIpc) is 2.86. The fourth-order valence-electron chi connectivity index (χ4n) is 5.12. The fraction of sp³-hybridized carbons (Fsp3) is 0.692. The van der Waals surface area contributed by atoms with Crippen molar-refractivity contribution in [1.29, 1.82) is 0 Å². The molecule has 34 heavy (non-hydrogen) atoms. The Balaban J connectivity index is 1.36. The summed E-state index contributed by atoms with van der Waals surface area (Å²) in [5.41, 5.74) is 0.876. The number of nitrogens with zero attached hydrogens (tertiary/aromatic N) is 1. The Labute approximate surface area is 201 Å². The maximum absolute atomic E-state index is 13.2. The van der Waals surface area contributed by atoms with Crippen LogP contribution in [0.15, 0.2) is 30.3 Å². The summed E-state index contributed by atoms with van der Waals surface area (Å²) in [6.45, 7) is 5.81. The lowest BCUT2D eigenvalue weighted by molar-refractivity contribution is -0.213. The SMILES string of the molecule is CC(COC1CCCCO1)C1C(C(C)OC(=O)OCc2ccccc2)C(=O)N1C1CCCCO1. The van der Waals surface area contributed by atoms with Crippen LogP contribution >= 0.6 is 0 Å². The second-order valence-electron chi connectivity index (χ2n) is 9.54. The largest absolute Gasteiger partial charge is 0.508 e. The van der Waals surface area contributed by atoms with Crippen LogP contribution in [-0.2, 0) is 35.1 Å². The van der Waals surface area contributed by atoms with Gasteiger partial charge in [-0.3, -0.25) is 4.79 Å². The van der Waals surface area contributed by atoms with Crippen molar-refractivity contribution < 1.29 is 33.3 Å². The molecular formula is C26H37NO7. The average molecular weight is 476 g/mol. The Morgan fingerprint density at radius 2 is 1.79 bits per heavy atom. The van der Waals surface area contributed by atoms with Crippen LogP contribution in [0, 0.1) is 11.8 Å². The summed E-state index contributed by atoms with van der Waals surface area (Å²) < 4.78 is 28.5. The highest BCUT2D eigenvalue weighted by molar-refractivity contribution is 5.87. The van der Waals surface area contributed by atoms with Crippen molar-refractivity contribution >= 4 is 12.1 Å². The van der Waals surface area contributed by atoms with E-state index in [1.54, 1.807) is 6.92 Å². The zero-order valence-corrected chi connectivity index (χ0v) is 20.2. The quantitative estimate of drug-likeness (QED) is 0.390. The second kappa shape index (κ2) is 12.0. The van der Waals surface area contributed by atoms with Gasteiger partial charge in [-0.1, -0.05) is 37.3 Å². The third kappa shape index (κ3) is 6.09. The first-order chi connectivity index (χ1) is 16.5. The zero-order chi connectivity index (χ0) is 23.9. The highest BCUT2D eigenvalue weighted by Crippen LogP contribution is 2.40. The summed E-state index contributed by atoms with van der Waals surface area (Å²) in [6.07, 6.45) is 4.12. The molecule has 3 aliphatic heterocycles. The standard InChI is InChI=1S/C26H37NO7/c1-18(16-32-22-13-7-9-15-31-22)24-23(25(28)27(24)21-12-6-8-14-30-21)19(2)34-26(29)33-17-20-10-4-3-5-11-20/h3-5,10-11,18-19,21-24H,6-9,12-17H2,1-2H3. The van der Waals surface area contributed by atoms with Crippen LogP contribution in [0.1, 0.15) is 57.9 Å². The molecule has 0 saturated carbocycles. The van der Waals surface area contributed by atoms with Gasteiger partial charge in [-0.05, 0) is 51.0 Å². The molecule has 0 radical (unpaired) electrons. The van der Waals surface area contributed by atoms with Crippen molar-refractivity contribution in [3.63, 3.8) is 0 Å². The second-order valence-corrected chi connectivity index (χ2v) is 9.54. The number of likely N-dealkylation sites (tertiary alicyclic amines) is 1. The van der Waals surface area contributed by atoms with Crippen LogP contribution < -0.4 is 0 Å². The first kappa shape index (κ1) is 24.9. The molecule has 3 heterocycles. The number of β-lactam (4-membered cyclic amide) rings is 1. The van der Waals surface area contributed by atoms with E-state index in [-0.39, 0.29) is 37.0 Å². The van der Waals surface area contributed by atoms with Crippen molar-refractivity contribution in [2.75, 3.05) is 19.8 Å². The topological polar surface area (TPSA) is 83.5 Å². The number of rotatable bonds is 9. The van der Waals surface area contributed by atoms with E-state index in [9.17, 15) is 9.59 Å². The lowest BCUT2D eigenvalue weighted by Gasteiger charge is -2.54. The van der Waals surface area contributed by atoms with Gasteiger partial charge < -0.3 is 28.6 Å². The van der Waals surface area contributed by atoms with Crippen molar-refractivity contribution in [2.24, 2.45) is 11.8 Å². The highest BCUT2D eigenvalue weighted by atomic mass is 16.7. The third-order valence-electron chi connectivity index (χ3n) is 6.95. The summed E-state index contributed by atoms with van der Waals surface area (Å²) in [4.78, 5) is 27.4. The van der Waals surface area contributed by atoms with E-state index >= 15 is 0 Å². The number of amides is 1. The minimum Gasteiger partial charge on any atom is -0.430 e. The molecule has 6 unspecified atom stereocenters. The van der Waals surface area contributed by atoms with E-state index in [2.05, 4.69) is 6.92 Å². The molecule has 1 amide bonds. The zero-order valence-electron chi connectivity index (χ0n) is 20.2. The first-order valence-electron chi connectivity index (χ1n) is 12.6. The number of benzene rings is 1. The summed E-state index contributed by atoms with van der Waals surface area (Å²) >= 11 is 0. The lowest BCUT2D eigenvalue weighted by Crippen LogP contribution is -2.70. The van der Waals surface area contributed by atoms with Crippen molar-refractivity contribution in [3.8, 4) is 0 Å². The van der Waals surface area contributed by atoms with Gasteiger partial charge in [0, 0.05) is 19.1 Å². The van der Waals surface area contributed by atoms with Crippen LogP contribution in [0.3, 0.4) is 0 Å². The monoisotopic (exact) mass is 475 g/mol. The summed E-state index contributed by atoms with van der Waals surface area (Å²) in [5.74, 6) is -0.466. The van der Waals surface area contributed by atoms with E-state index in [0.29, 0.717) is 13.2 Å². The molecule has 3 fully saturated rings. The molecule has 0 aromatic heterocycles. The third-order valence-corrected chi connectivity index (χ3v) is 6.95. The molecule has 3 saturated heterocycles. The Bertz CT molecular complexity index is 792. The summed E-state index contributed by atoms with van der Waals surface area (Å²) in [5, 5.41) is 0. The highest BCUT2D eigenvalue weighted by Gasteiger charge is 2.56. The molecule has 8 heteroatoms. The van der Waals surface area contributed by atoms with E-state index in [0.717, 1.165) is 50.7 Å². The number of carbonyl (C=O) groups excluding carboxylic acids is 2. The van der Waals surface area contributed by atoms with Gasteiger partial charge >= 0.3 is 6.16 Å². The van der Waals surface area contributed by atoms with Crippen LogP contribution in [0.5, 0.6) is 0 Å². The van der Waals surface area contributed by atoms with Crippen molar-refractivity contribution in [2.45, 2.75) is 83.6 Å². The molecule has 1 aromatic carbocycles. The van der Waals surface area contributed by atoms with Crippen molar-refractivity contribution in [3.05, 3.63) is 35.9 Å². The maximum Gasteiger partial charge on any atom is 0.508 e. The lowest BCUT2D eigenvalue weighted by atomic mass is 9.76. The van der Waals surface area contributed by atoms with E-state index in [1.165, 1.54) is 0 Å². The number of hydrogen-bond acceptors (Lipinski definition) is 7. The normalized spacial score (nSPS) is 29.1. The van der Waals surface area contributed by atoms with Gasteiger partial charge in [-0.15, -0.1) is 0 Å². The Kier molecular flexibility index (Phi) is 8.80. The van der Waals surface area contributed by atoms with E-state index in [1.807, 2.05) is 35.2 Å². The van der Waals surface area contributed by atoms with Gasteiger partial charge in [0.25, 0.3) is 0 Å². The number of hydrogen-bond donors (Lipinski definition) is 0. The molecule has 8 nitrogen and oxygen atoms in total. The van der Waals surface area contributed by atoms with Gasteiger partial charge in [0.05, 0.1) is 18.6 Å². The Hall–Kier alpha value is -2.16. The summed E-state index contributed by atoms with van der Waals surface area (Å²) in [7, 11) is 0. The molecule has 0 aliphatic carbocycles. The van der Waals surface area contributed by atoms with Gasteiger partial charge in [-0.25, -0.2) is 4.79 Å². The molecule has 0 bridgehead atoms. The van der Waals surface area contributed by atoms with Gasteiger partial charge in [0.2, 0.25) is 5.91 Å². The molecule has 6 atom stereocenters. The van der Waals surface area contributed by atoms with Gasteiger partial charge in [-0.2, -0.15) is 0 Å². The van der Waals surface area contributed by atoms with Crippen LogP contribution in [-0.4, -0.2) is 61.4 Å². The Morgan fingerprint density at radius 3 is 2.47 bits per heavy atom. The number of carbonyl (C=O) groups is 2. The maximum atomic E-state index is 13.2. The van der Waals surface area contributed by atoms with Gasteiger partial charge in [0.1, 0.15) is 18.9 Å². The molecule has 1 aromatic rings. The van der Waals surface area contributed by atoms with Crippen LogP contribution in [0.2, 0.25) is 0 Å². The molecule has 0 spiro atoms. The van der Waals surface area contributed by atoms with Crippen molar-refractivity contribution in [1.82, 2.24) is 4.90 Å². The number of ether oxygens (including phenoxy) is 5. The summed E-state index contributed by atoms with van der Waals surface area (Å²) in [6, 6.07) is 9.28. The van der Waals surface area contributed by atoms with E-state index in [4.69, 9.17) is 23.7 Å². The molecular weight excluding hydrogens is 438 g/mol. The molecule has 0 N–H and O–H groups in total. The van der Waals surface area contributed by atoms with E-state index < -0.39 is 18.2 Å². The minimum atomic E-state index is -0.769. The van der Waals surface area contributed by atoms with Gasteiger partial charge in [0.15, 0.2) is 6.29 Å². The predicted molar refractivity (Wildman–Crippen MR) is 124 cm³/mol. The predicted octanol–water partition coefficient (Wildman–Crippen LogP) is 4.26. The minimum absolute atomic E-state index is 0.0325. The fourth-order valence-corrected chi connectivity index (χ4v) is 5.12. The molecule has 4 rings (SSSR count).